The summed E-state index contributed by atoms with van der Waals surface area (Å²) in [6.07, 6.45) is 0. The molecule has 0 fully saturated rings. The molecule has 0 saturated heterocycles. The highest BCUT2D eigenvalue weighted by molar-refractivity contribution is 6.36. The van der Waals surface area contributed by atoms with Crippen LogP contribution in [0, 0.1) is 0 Å². The maximum absolute atomic E-state index is 12.3. The summed E-state index contributed by atoms with van der Waals surface area (Å²) in [7, 11) is 0. The Morgan fingerprint density at radius 2 is 1.58 bits per heavy atom. The fourth-order valence-corrected chi connectivity index (χ4v) is 1.99. The van der Waals surface area contributed by atoms with Gasteiger partial charge in [0.15, 0.2) is 5.78 Å². The molecule has 19 heavy (non-hydrogen) atoms. The molecule has 2 aromatic carbocycles. The van der Waals surface area contributed by atoms with Crippen LogP contribution in [-0.4, -0.2) is 22.0 Å². The summed E-state index contributed by atoms with van der Waals surface area (Å²) in [6, 6.07) is 10.1. The molecule has 0 radical (unpaired) electrons. The van der Waals surface area contributed by atoms with E-state index in [1.807, 2.05) is 0 Å². The van der Waals surface area contributed by atoms with Crippen LogP contribution in [0.2, 0.25) is 5.02 Å². The molecule has 96 valence electrons. The summed E-state index contributed by atoms with van der Waals surface area (Å²) in [6.45, 7) is 0. The number of carboxylic acids is 1. The van der Waals surface area contributed by atoms with Gasteiger partial charge in [0.25, 0.3) is 0 Å². The monoisotopic (exact) mass is 276 g/mol. The molecule has 0 saturated carbocycles. The topological polar surface area (TPSA) is 74.6 Å². The number of carboxylic acid groups (broad SMARTS) is 1. The lowest BCUT2D eigenvalue weighted by molar-refractivity contribution is 0.0692. The van der Waals surface area contributed by atoms with Crippen LogP contribution in [0.25, 0.3) is 0 Å². The molecule has 0 aliphatic rings. The molecule has 5 heteroatoms. The van der Waals surface area contributed by atoms with Gasteiger partial charge in [-0.2, -0.15) is 0 Å². The number of phenolic OH excluding ortho intramolecular Hbond substituents is 1. The number of carbonyl (C=O) groups excluding carboxylic acids is 1. The van der Waals surface area contributed by atoms with E-state index in [1.54, 1.807) is 12.1 Å². The summed E-state index contributed by atoms with van der Waals surface area (Å²) < 4.78 is 0. The van der Waals surface area contributed by atoms with E-state index in [9.17, 15) is 14.7 Å². The van der Waals surface area contributed by atoms with Crippen LogP contribution in [0.3, 0.4) is 0 Å². The molecular weight excluding hydrogens is 268 g/mol. The fraction of sp³-hybridized carbons (Fsp3) is 0. The van der Waals surface area contributed by atoms with E-state index in [0.29, 0.717) is 0 Å². The first-order valence-corrected chi connectivity index (χ1v) is 5.74. The van der Waals surface area contributed by atoms with Gasteiger partial charge in [0.05, 0.1) is 21.7 Å². The number of phenols is 1. The molecule has 2 N–H and O–H groups in total. The number of aromatic carboxylic acids is 1. The van der Waals surface area contributed by atoms with Crippen LogP contribution in [0.4, 0.5) is 0 Å². The number of hydrogen-bond acceptors (Lipinski definition) is 3. The molecule has 0 spiro atoms. The predicted octanol–water partition coefficient (Wildman–Crippen LogP) is 2.97. The van der Waals surface area contributed by atoms with Gasteiger partial charge in [0, 0.05) is 0 Å². The number of hydrogen-bond donors (Lipinski definition) is 2. The Kier molecular flexibility index (Phi) is 3.53. The summed E-state index contributed by atoms with van der Waals surface area (Å²) in [4.78, 5) is 23.4. The Balaban J connectivity index is 2.63. The maximum atomic E-state index is 12.3. The van der Waals surface area contributed by atoms with Gasteiger partial charge >= 0.3 is 5.97 Å². The van der Waals surface area contributed by atoms with E-state index < -0.39 is 11.8 Å². The molecular formula is C14H9ClO4. The first-order chi connectivity index (χ1) is 9.02. The van der Waals surface area contributed by atoms with Crippen LogP contribution >= 0.6 is 11.6 Å². The van der Waals surface area contributed by atoms with E-state index in [0.717, 1.165) is 0 Å². The lowest BCUT2D eigenvalue weighted by atomic mass is 9.97. The minimum absolute atomic E-state index is 0.0121. The fourth-order valence-electron chi connectivity index (χ4n) is 1.73. The van der Waals surface area contributed by atoms with E-state index in [4.69, 9.17) is 16.7 Å². The van der Waals surface area contributed by atoms with Gasteiger partial charge in [-0.3, -0.25) is 4.79 Å². The highest BCUT2D eigenvalue weighted by Crippen LogP contribution is 2.27. The van der Waals surface area contributed by atoms with E-state index in [2.05, 4.69) is 0 Å². The second-order valence-corrected chi connectivity index (χ2v) is 4.22. The normalized spacial score (nSPS) is 10.2. The highest BCUT2D eigenvalue weighted by Gasteiger charge is 2.22. The Hall–Kier alpha value is -2.33. The molecule has 0 atom stereocenters. The van der Waals surface area contributed by atoms with Crippen molar-refractivity contribution in [3.63, 3.8) is 0 Å². The first kappa shape index (κ1) is 13.1. The van der Waals surface area contributed by atoms with Crippen molar-refractivity contribution in [3.05, 3.63) is 64.2 Å². The molecule has 4 nitrogen and oxygen atoms in total. The zero-order chi connectivity index (χ0) is 14.0. The number of benzene rings is 2. The number of aromatic hydroxyl groups is 1. The SMILES string of the molecule is O=C(O)c1cccc(Cl)c1C(=O)c1ccccc1O. The van der Waals surface area contributed by atoms with Crippen LogP contribution in [0.15, 0.2) is 42.5 Å². The predicted molar refractivity (Wildman–Crippen MR) is 70.0 cm³/mol. The quantitative estimate of drug-likeness (QED) is 0.845. The molecule has 0 bridgehead atoms. The van der Waals surface area contributed by atoms with Crippen molar-refractivity contribution in [2.75, 3.05) is 0 Å². The van der Waals surface area contributed by atoms with Crippen LogP contribution < -0.4 is 0 Å². The van der Waals surface area contributed by atoms with Gasteiger partial charge < -0.3 is 10.2 Å². The second kappa shape index (κ2) is 5.12. The van der Waals surface area contributed by atoms with Crippen molar-refractivity contribution in [2.45, 2.75) is 0 Å². The Morgan fingerprint density at radius 1 is 0.947 bits per heavy atom. The molecule has 2 aromatic rings. The molecule has 0 amide bonds. The number of carbonyl (C=O) groups is 2. The summed E-state index contributed by atoms with van der Waals surface area (Å²) in [5.74, 6) is -2.09. The van der Waals surface area contributed by atoms with Gasteiger partial charge in [-0.15, -0.1) is 0 Å². The molecule has 0 aromatic heterocycles. The van der Waals surface area contributed by atoms with E-state index >= 15 is 0 Å². The zero-order valence-electron chi connectivity index (χ0n) is 9.63. The van der Waals surface area contributed by atoms with Gasteiger partial charge in [-0.25, -0.2) is 4.79 Å². The van der Waals surface area contributed by atoms with Gasteiger partial charge in [-0.1, -0.05) is 29.8 Å². The third kappa shape index (κ3) is 2.44. The smallest absolute Gasteiger partial charge is 0.336 e. The van der Waals surface area contributed by atoms with Crippen molar-refractivity contribution >= 4 is 23.4 Å². The Labute approximate surface area is 113 Å². The standard InChI is InChI=1S/C14H9ClO4/c15-10-6-3-5-9(14(18)19)12(10)13(17)8-4-1-2-7-11(8)16/h1-7,16H,(H,18,19). The van der Waals surface area contributed by atoms with E-state index in [-0.39, 0.29) is 27.5 Å². The number of halogens is 1. The average Bonchev–Trinajstić information content (AvgIpc) is 2.38. The Morgan fingerprint density at radius 3 is 2.21 bits per heavy atom. The van der Waals surface area contributed by atoms with Crippen molar-refractivity contribution in [1.29, 1.82) is 0 Å². The van der Waals surface area contributed by atoms with Crippen molar-refractivity contribution in [3.8, 4) is 5.75 Å². The number of rotatable bonds is 3. The average molecular weight is 277 g/mol. The summed E-state index contributed by atoms with van der Waals surface area (Å²) in [5, 5.41) is 18.8. The first-order valence-electron chi connectivity index (χ1n) is 5.37. The van der Waals surface area contributed by atoms with E-state index in [1.165, 1.54) is 30.3 Å². The molecule has 2 rings (SSSR count). The van der Waals surface area contributed by atoms with Gasteiger partial charge in [-0.05, 0) is 24.3 Å². The maximum Gasteiger partial charge on any atom is 0.336 e. The molecule has 0 aliphatic carbocycles. The molecule has 0 unspecified atom stereocenters. The van der Waals surface area contributed by atoms with Crippen LogP contribution in [0.1, 0.15) is 26.3 Å². The summed E-state index contributed by atoms with van der Waals surface area (Å²) in [5.41, 5.74) is -0.308. The highest BCUT2D eigenvalue weighted by atomic mass is 35.5. The van der Waals surface area contributed by atoms with Crippen LogP contribution in [-0.2, 0) is 0 Å². The summed E-state index contributed by atoms with van der Waals surface area (Å²) >= 11 is 5.90. The number of para-hydroxylation sites is 1. The van der Waals surface area contributed by atoms with Crippen molar-refractivity contribution in [2.24, 2.45) is 0 Å². The second-order valence-electron chi connectivity index (χ2n) is 3.81. The third-order valence-electron chi connectivity index (χ3n) is 2.62. The minimum Gasteiger partial charge on any atom is -0.507 e. The lowest BCUT2D eigenvalue weighted by Crippen LogP contribution is -2.10. The zero-order valence-corrected chi connectivity index (χ0v) is 10.4. The molecule has 0 heterocycles. The van der Waals surface area contributed by atoms with Crippen LogP contribution in [0.5, 0.6) is 5.75 Å². The number of ketones is 1. The minimum atomic E-state index is -1.25. The van der Waals surface area contributed by atoms with Gasteiger partial charge in [0.2, 0.25) is 0 Å². The van der Waals surface area contributed by atoms with Crippen molar-refractivity contribution in [1.82, 2.24) is 0 Å². The largest absolute Gasteiger partial charge is 0.507 e. The van der Waals surface area contributed by atoms with Gasteiger partial charge in [0.1, 0.15) is 5.75 Å². The molecule has 0 aliphatic heterocycles. The lowest BCUT2D eigenvalue weighted by Gasteiger charge is -2.08. The van der Waals surface area contributed by atoms with Crippen molar-refractivity contribution < 1.29 is 19.8 Å². The Bertz CT molecular complexity index is 664. The third-order valence-corrected chi connectivity index (χ3v) is 2.93.